The zero-order valence-electron chi connectivity index (χ0n) is 11.3. The van der Waals surface area contributed by atoms with Gasteiger partial charge in [0.2, 0.25) is 0 Å². The summed E-state index contributed by atoms with van der Waals surface area (Å²) in [6.07, 6.45) is 11.6. The van der Waals surface area contributed by atoms with Crippen LogP contribution < -0.4 is 0 Å². The molecule has 0 bridgehead atoms. The Labute approximate surface area is 106 Å². The van der Waals surface area contributed by atoms with Crippen molar-refractivity contribution in [2.45, 2.75) is 51.6 Å². The molecule has 0 saturated carbocycles. The van der Waals surface area contributed by atoms with E-state index in [0.29, 0.717) is 5.41 Å². The highest BCUT2D eigenvalue weighted by molar-refractivity contribution is 4.98. The molecule has 2 nitrogen and oxygen atoms in total. The molecule has 0 aromatic rings. The number of piperidine rings is 1. The molecular weight excluding hydrogens is 210 g/mol. The topological polar surface area (TPSA) is 12.5 Å². The van der Waals surface area contributed by atoms with Gasteiger partial charge in [0.25, 0.3) is 0 Å². The number of ether oxygens (including phenoxy) is 1. The quantitative estimate of drug-likeness (QED) is 0.682. The van der Waals surface area contributed by atoms with Gasteiger partial charge in [0.1, 0.15) is 0 Å². The molecule has 0 aliphatic carbocycles. The third-order valence-electron chi connectivity index (χ3n) is 4.64. The Morgan fingerprint density at radius 3 is 2.94 bits per heavy atom. The highest BCUT2D eigenvalue weighted by atomic mass is 16.5. The van der Waals surface area contributed by atoms with Crippen LogP contribution in [0.25, 0.3) is 0 Å². The van der Waals surface area contributed by atoms with Crippen molar-refractivity contribution in [1.82, 2.24) is 4.90 Å². The van der Waals surface area contributed by atoms with Crippen molar-refractivity contribution in [2.24, 2.45) is 5.41 Å². The third kappa shape index (κ3) is 2.84. The van der Waals surface area contributed by atoms with Crippen molar-refractivity contribution in [3.05, 3.63) is 0 Å². The van der Waals surface area contributed by atoms with Crippen LogP contribution in [0, 0.1) is 17.8 Å². The molecule has 0 amide bonds. The maximum absolute atomic E-state index is 5.98. The van der Waals surface area contributed by atoms with Gasteiger partial charge in [0, 0.05) is 13.2 Å². The minimum Gasteiger partial charge on any atom is -0.375 e. The Hall–Kier alpha value is -0.520. The predicted molar refractivity (Wildman–Crippen MR) is 70.8 cm³/mol. The van der Waals surface area contributed by atoms with Crippen molar-refractivity contribution in [3.8, 4) is 12.3 Å². The van der Waals surface area contributed by atoms with Crippen LogP contribution in [0.5, 0.6) is 0 Å². The molecule has 0 aromatic carbocycles. The van der Waals surface area contributed by atoms with E-state index in [4.69, 9.17) is 11.2 Å². The maximum atomic E-state index is 5.98. The second-order valence-electron chi connectivity index (χ2n) is 6.10. The Kier molecular flexibility index (Phi) is 3.80. The first kappa shape index (κ1) is 12.9. The second-order valence-corrected chi connectivity index (χ2v) is 6.10. The Morgan fingerprint density at radius 1 is 1.41 bits per heavy atom. The fraction of sp³-hybridized carbons (Fsp3) is 0.867. The molecule has 2 heterocycles. The van der Waals surface area contributed by atoms with Gasteiger partial charge < -0.3 is 4.74 Å². The van der Waals surface area contributed by atoms with Crippen LogP contribution in [0.15, 0.2) is 0 Å². The monoisotopic (exact) mass is 235 g/mol. The van der Waals surface area contributed by atoms with Crippen molar-refractivity contribution < 1.29 is 4.74 Å². The van der Waals surface area contributed by atoms with Crippen molar-refractivity contribution in [3.63, 3.8) is 0 Å². The summed E-state index contributed by atoms with van der Waals surface area (Å²) >= 11 is 0. The molecule has 2 unspecified atom stereocenters. The van der Waals surface area contributed by atoms with E-state index in [1.807, 2.05) is 0 Å². The summed E-state index contributed by atoms with van der Waals surface area (Å²) in [4.78, 5) is 2.45. The van der Waals surface area contributed by atoms with Crippen LogP contribution in [0.1, 0.15) is 46.0 Å². The predicted octanol–water partition coefficient (Wildman–Crippen LogP) is 2.68. The van der Waals surface area contributed by atoms with E-state index in [1.165, 1.54) is 38.8 Å². The lowest BCUT2D eigenvalue weighted by atomic mass is 9.68. The summed E-state index contributed by atoms with van der Waals surface area (Å²) in [6.45, 7) is 8.60. The lowest BCUT2D eigenvalue weighted by Gasteiger charge is -2.50. The minimum absolute atomic E-state index is 0.0946. The van der Waals surface area contributed by atoms with Crippen LogP contribution >= 0.6 is 0 Å². The summed E-state index contributed by atoms with van der Waals surface area (Å²) in [5, 5.41) is 0. The molecule has 0 N–H and O–H groups in total. The fourth-order valence-electron chi connectivity index (χ4n) is 3.60. The van der Waals surface area contributed by atoms with E-state index in [-0.39, 0.29) is 5.60 Å². The largest absolute Gasteiger partial charge is 0.375 e. The first-order valence-electron chi connectivity index (χ1n) is 6.91. The molecule has 2 atom stereocenters. The number of hydrogen-bond acceptors (Lipinski definition) is 2. The van der Waals surface area contributed by atoms with Gasteiger partial charge in [-0.3, -0.25) is 4.90 Å². The molecule has 2 heteroatoms. The number of nitrogens with zero attached hydrogens (tertiary/aromatic N) is 1. The lowest BCUT2D eigenvalue weighted by molar-refractivity contribution is -0.132. The average molecular weight is 235 g/mol. The summed E-state index contributed by atoms with van der Waals surface area (Å²) in [5.41, 5.74) is 0.565. The summed E-state index contributed by atoms with van der Waals surface area (Å²) in [5.74, 6) is 2.79. The third-order valence-corrected chi connectivity index (χ3v) is 4.64. The Balaban J connectivity index is 2.05. The number of terminal acetylenes is 1. The molecular formula is C15H25NO. The van der Waals surface area contributed by atoms with Gasteiger partial charge in [-0.1, -0.05) is 12.8 Å². The average Bonchev–Trinajstić information content (AvgIpc) is 2.29. The van der Waals surface area contributed by atoms with Crippen LogP contribution in [0.2, 0.25) is 0 Å². The highest BCUT2D eigenvalue weighted by Crippen LogP contribution is 2.45. The SMILES string of the molecule is C#CCN1CCCC2(CCOC(C)(CC)C2)C1. The fourth-order valence-corrected chi connectivity index (χ4v) is 3.60. The molecule has 2 aliphatic rings. The van der Waals surface area contributed by atoms with Crippen molar-refractivity contribution in [1.29, 1.82) is 0 Å². The van der Waals surface area contributed by atoms with E-state index in [1.54, 1.807) is 0 Å². The number of hydrogen-bond donors (Lipinski definition) is 0. The first-order valence-corrected chi connectivity index (χ1v) is 6.91. The van der Waals surface area contributed by atoms with E-state index in [2.05, 4.69) is 24.7 Å². The summed E-state index contributed by atoms with van der Waals surface area (Å²) < 4.78 is 5.98. The van der Waals surface area contributed by atoms with Gasteiger partial charge in [0.05, 0.1) is 12.1 Å². The second kappa shape index (κ2) is 5.00. The van der Waals surface area contributed by atoms with E-state index >= 15 is 0 Å². The smallest absolute Gasteiger partial charge is 0.0657 e. The van der Waals surface area contributed by atoms with E-state index in [9.17, 15) is 0 Å². The molecule has 2 rings (SSSR count). The van der Waals surface area contributed by atoms with Gasteiger partial charge in [-0.2, -0.15) is 0 Å². The minimum atomic E-state index is 0.0946. The van der Waals surface area contributed by atoms with Crippen molar-refractivity contribution in [2.75, 3.05) is 26.2 Å². The van der Waals surface area contributed by atoms with Gasteiger partial charge in [-0.25, -0.2) is 0 Å². The number of rotatable bonds is 2. The maximum Gasteiger partial charge on any atom is 0.0657 e. The highest BCUT2D eigenvalue weighted by Gasteiger charge is 2.44. The zero-order valence-corrected chi connectivity index (χ0v) is 11.3. The van der Waals surface area contributed by atoms with Gasteiger partial charge >= 0.3 is 0 Å². The standard InChI is InChI=1S/C15H25NO/c1-4-9-16-10-6-7-15(13-16)8-11-17-14(3,5-2)12-15/h1H,5-13H2,2-3H3. The van der Waals surface area contributed by atoms with Crippen LogP contribution in [-0.4, -0.2) is 36.7 Å². The normalized spacial score (nSPS) is 39.1. The number of likely N-dealkylation sites (tertiary alicyclic amines) is 1. The van der Waals surface area contributed by atoms with Crippen LogP contribution in [0.4, 0.5) is 0 Å². The molecule has 1 spiro atoms. The molecule has 96 valence electrons. The van der Waals surface area contributed by atoms with Gasteiger partial charge in [0.15, 0.2) is 0 Å². The van der Waals surface area contributed by atoms with Gasteiger partial charge in [-0.05, 0) is 51.0 Å². The van der Waals surface area contributed by atoms with E-state index < -0.39 is 0 Å². The lowest BCUT2D eigenvalue weighted by Crippen LogP contribution is -2.51. The zero-order chi connectivity index (χ0) is 12.4. The Morgan fingerprint density at radius 2 is 2.24 bits per heavy atom. The van der Waals surface area contributed by atoms with Gasteiger partial charge in [-0.15, -0.1) is 6.42 Å². The molecule has 17 heavy (non-hydrogen) atoms. The molecule has 0 aromatic heterocycles. The summed E-state index contributed by atoms with van der Waals surface area (Å²) in [6, 6.07) is 0. The van der Waals surface area contributed by atoms with Crippen LogP contribution in [-0.2, 0) is 4.74 Å². The van der Waals surface area contributed by atoms with E-state index in [0.717, 1.165) is 19.6 Å². The molecule has 2 aliphatic heterocycles. The first-order chi connectivity index (χ1) is 8.11. The Bertz CT molecular complexity index is 305. The summed E-state index contributed by atoms with van der Waals surface area (Å²) in [7, 11) is 0. The van der Waals surface area contributed by atoms with Crippen LogP contribution in [0.3, 0.4) is 0 Å². The van der Waals surface area contributed by atoms with Crippen molar-refractivity contribution >= 4 is 0 Å². The molecule has 2 fully saturated rings. The molecule has 2 saturated heterocycles. The molecule has 0 radical (unpaired) electrons.